The Labute approximate surface area is 323 Å². The van der Waals surface area contributed by atoms with Crippen molar-refractivity contribution in [3.63, 3.8) is 0 Å². The van der Waals surface area contributed by atoms with Gasteiger partial charge in [0, 0.05) is 12.8 Å². The number of aliphatic hydroxyl groups excluding tert-OH is 1. The van der Waals surface area contributed by atoms with Crippen LogP contribution in [0.5, 0.6) is 0 Å². The third-order valence-corrected chi connectivity index (χ3v) is 9.89. The van der Waals surface area contributed by atoms with Gasteiger partial charge in [0.1, 0.15) is 6.61 Å². The van der Waals surface area contributed by atoms with Crippen molar-refractivity contribution in [3.05, 3.63) is 36.5 Å². The normalized spacial score (nSPS) is 12.4. The first kappa shape index (κ1) is 50.1. The van der Waals surface area contributed by atoms with E-state index in [0.29, 0.717) is 12.8 Å². The fourth-order valence-electron chi connectivity index (χ4n) is 6.47. The zero-order valence-corrected chi connectivity index (χ0v) is 34.6. The first-order chi connectivity index (χ1) is 25.6. The molecular formula is C47H86O5. The summed E-state index contributed by atoms with van der Waals surface area (Å²) < 4.78 is 10.6. The van der Waals surface area contributed by atoms with E-state index >= 15 is 0 Å². The maximum absolute atomic E-state index is 12.2. The molecule has 1 atom stereocenters. The molecule has 0 aromatic rings. The van der Waals surface area contributed by atoms with Crippen molar-refractivity contribution >= 4 is 11.9 Å². The summed E-state index contributed by atoms with van der Waals surface area (Å²) in [5, 5.41) is 9.57. The average Bonchev–Trinajstić information content (AvgIpc) is 3.15. The van der Waals surface area contributed by atoms with Crippen molar-refractivity contribution in [3.8, 4) is 0 Å². The van der Waals surface area contributed by atoms with Gasteiger partial charge in [0.15, 0.2) is 6.10 Å². The van der Waals surface area contributed by atoms with E-state index in [1.165, 1.54) is 148 Å². The Bertz CT molecular complexity index is 832. The van der Waals surface area contributed by atoms with Crippen molar-refractivity contribution in [2.75, 3.05) is 13.2 Å². The molecule has 0 heterocycles. The molecule has 0 saturated carbocycles. The largest absolute Gasteiger partial charge is 0.462 e. The van der Waals surface area contributed by atoms with Crippen LogP contribution in [0, 0.1) is 0 Å². The predicted octanol–water partition coefficient (Wildman–Crippen LogP) is 14.4. The zero-order chi connectivity index (χ0) is 37.8. The van der Waals surface area contributed by atoms with Gasteiger partial charge in [-0.2, -0.15) is 0 Å². The molecule has 0 aromatic heterocycles. The van der Waals surface area contributed by atoms with Crippen LogP contribution in [0.4, 0.5) is 0 Å². The summed E-state index contributed by atoms with van der Waals surface area (Å²) in [6.45, 7) is 4.07. The molecule has 0 rings (SSSR count). The van der Waals surface area contributed by atoms with Crippen LogP contribution in [0.1, 0.15) is 232 Å². The lowest BCUT2D eigenvalue weighted by Gasteiger charge is -2.15. The molecule has 0 amide bonds. The maximum atomic E-state index is 12.2. The summed E-state index contributed by atoms with van der Waals surface area (Å²) in [6.07, 6.45) is 53.7. The van der Waals surface area contributed by atoms with Crippen LogP contribution in [0.15, 0.2) is 36.5 Å². The van der Waals surface area contributed by atoms with Gasteiger partial charge >= 0.3 is 11.9 Å². The minimum atomic E-state index is -0.776. The summed E-state index contributed by atoms with van der Waals surface area (Å²) in [5.74, 6) is -0.602. The molecule has 0 aliphatic carbocycles. The van der Waals surface area contributed by atoms with Crippen molar-refractivity contribution in [1.82, 2.24) is 0 Å². The summed E-state index contributed by atoms with van der Waals surface area (Å²) in [7, 11) is 0. The quantitative estimate of drug-likeness (QED) is 0.0385. The number of carbonyl (C=O) groups excluding carboxylic acids is 2. The standard InChI is InChI=1S/C47H86O5/c1-3-5-7-9-11-13-15-17-18-19-20-21-22-23-24-25-26-27-28-30-31-33-35-37-39-41-46(49)51-44-45(43-48)52-47(50)42-40-38-36-34-32-29-16-14-12-10-8-6-4-2/h8,10,14,16,19-20,45,48H,3-7,9,11-13,15,17-18,21-44H2,1-2H3/b10-8-,16-14-,20-19-. The highest BCUT2D eigenvalue weighted by Crippen LogP contribution is 2.15. The Morgan fingerprint density at radius 2 is 0.808 bits per heavy atom. The molecule has 0 radical (unpaired) electrons. The van der Waals surface area contributed by atoms with Crippen molar-refractivity contribution in [2.24, 2.45) is 0 Å². The lowest BCUT2D eigenvalue weighted by molar-refractivity contribution is -0.161. The summed E-state index contributed by atoms with van der Waals surface area (Å²) in [5.41, 5.74) is 0. The molecule has 5 heteroatoms. The molecule has 0 spiro atoms. The smallest absolute Gasteiger partial charge is 0.306 e. The van der Waals surface area contributed by atoms with E-state index in [0.717, 1.165) is 57.8 Å². The van der Waals surface area contributed by atoms with Crippen molar-refractivity contribution in [1.29, 1.82) is 0 Å². The SMILES string of the molecule is CCC/C=C\C/C=C\CCCCCCCC(=O)OC(CO)COC(=O)CCCCCCCCCCCCCCC/C=C\CCCCCCCCCC. The van der Waals surface area contributed by atoms with Crippen LogP contribution in [-0.4, -0.2) is 36.4 Å². The van der Waals surface area contributed by atoms with E-state index in [-0.39, 0.29) is 25.2 Å². The highest BCUT2D eigenvalue weighted by atomic mass is 16.6. The van der Waals surface area contributed by atoms with Crippen LogP contribution in [0.25, 0.3) is 0 Å². The number of carbonyl (C=O) groups is 2. The Morgan fingerprint density at radius 3 is 1.23 bits per heavy atom. The topological polar surface area (TPSA) is 72.8 Å². The second kappa shape index (κ2) is 43.5. The van der Waals surface area contributed by atoms with Gasteiger partial charge in [0.2, 0.25) is 0 Å². The summed E-state index contributed by atoms with van der Waals surface area (Å²) in [4.78, 5) is 24.3. The molecule has 0 aliphatic heterocycles. The lowest BCUT2D eigenvalue weighted by Crippen LogP contribution is -2.28. The molecule has 5 nitrogen and oxygen atoms in total. The summed E-state index contributed by atoms with van der Waals surface area (Å²) in [6, 6.07) is 0. The Balaban J connectivity index is 3.47. The fraction of sp³-hybridized carbons (Fsp3) is 0.830. The molecule has 0 fully saturated rings. The highest BCUT2D eigenvalue weighted by Gasteiger charge is 2.16. The fourth-order valence-corrected chi connectivity index (χ4v) is 6.47. The Kier molecular flexibility index (Phi) is 42.0. The second-order valence-electron chi connectivity index (χ2n) is 15.1. The molecule has 1 unspecified atom stereocenters. The average molecular weight is 731 g/mol. The van der Waals surface area contributed by atoms with Crippen molar-refractivity contribution in [2.45, 2.75) is 238 Å². The van der Waals surface area contributed by atoms with E-state index in [9.17, 15) is 14.7 Å². The van der Waals surface area contributed by atoms with Gasteiger partial charge in [-0.05, 0) is 64.2 Å². The lowest BCUT2D eigenvalue weighted by atomic mass is 10.0. The van der Waals surface area contributed by atoms with Gasteiger partial charge in [0.25, 0.3) is 0 Å². The number of allylic oxidation sites excluding steroid dienone is 6. The first-order valence-corrected chi connectivity index (χ1v) is 22.5. The predicted molar refractivity (Wildman–Crippen MR) is 224 cm³/mol. The highest BCUT2D eigenvalue weighted by molar-refractivity contribution is 5.70. The molecule has 0 aliphatic rings. The van der Waals surface area contributed by atoms with Gasteiger partial charge in [0.05, 0.1) is 6.61 Å². The number of hydrogen-bond acceptors (Lipinski definition) is 5. The molecule has 0 aromatic carbocycles. The molecule has 304 valence electrons. The number of hydrogen-bond donors (Lipinski definition) is 1. The third-order valence-electron chi connectivity index (χ3n) is 9.89. The van der Waals surface area contributed by atoms with E-state index in [2.05, 4.69) is 50.3 Å². The zero-order valence-electron chi connectivity index (χ0n) is 34.6. The van der Waals surface area contributed by atoms with Crippen LogP contribution in [-0.2, 0) is 19.1 Å². The second-order valence-corrected chi connectivity index (χ2v) is 15.1. The van der Waals surface area contributed by atoms with Gasteiger partial charge in [-0.15, -0.1) is 0 Å². The van der Waals surface area contributed by atoms with Crippen LogP contribution in [0.3, 0.4) is 0 Å². The molecule has 0 saturated heterocycles. The van der Waals surface area contributed by atoms with E-state index in [1.807, 2.05) is 0 Å². The van der Waals surface area contributed by atoms with E-state index < -0.39 is 6.10 Å². The van der Waals surface area contributed by atoms with Gasteiger partial charge in [-0.1, -0.05) is 192 Å². The first-order valence-electron chi connectivity index (χ1n) is 22.5. The molecular weight excluding hydrogens is 645 g/mol. The number of esters is 2. The summed E-state index contributed by atoms with van der Waals surface area (Å²) >= 11 is 0. The van der Waals surface area contributed by atoms with Gasteiger partial charge < -0.3 is 14.6 Å². The molecule has 0 bridgehead atoms. The minimum Gasteiger partial charge on any atom is -0.462 e. The number of unbranched alkanes of at least 4 members (excludes halogenated alkanes) is 27. The third kappa shape index (κ3) is 40.9. The van der Waals surface area contributed by atoms with Crippen molar-refractivity contribution < 1.29 is 24.2 Å². The Morgan fingerprint density at radius 1 is 0.442 bits per heavy atom. The molecule has 52 heavy (non-hydrogen) atoms. The van der Waals surface area contributed by atoms with E-state index in [1.54, 1.807) is 0 Å². The van der Waals surface area contributed by atoms with Gasteiger partial charge in [-0.25, -0.2) is 0 Å². The Hall–Kier alpha value is -1.88. The van der Waals surface area contributed by atoms with Crippen LogP contribution < -0.4 is 0 Å². The minimum absolute atomic E-state index is 0.0697. The number of rotatable bonds is 41. The van der Waals surface area contributed by atoms with Crippen LogP contribution >= 0.6 is 0 Å². The van der Waals surface area contributed by atoms with Gasteiger partial charge in [-0.3, -0.25) is 9.59 Å². The maximum Gasteiger partial charge on any atom is 0.306 e. The van der Waals surface area contributed by atoms with E-state index in [4.69, 9.17) is 9.47 Å². The van der Waals surface area contributed by atoms with Crippen LogP contribution in [0.2, 0.25) is 0 Å². The number of ether oxygens (including phenoxy) is 2. The molecule has 1 N–H and O–H groups in total. The monoisotopic (exact) mass is 731 g/mol. The number of aliphatic hydroxyl groups is 1.